The Kier molecular flexibility index (Phi) is 7.54. The van der Waals surface area contributed by atoms with Crippen molar-refractivity contribution in [3.63, 3.8) is 0 Å². The second-order valence-electron chi connectivity index (χ2n) is 11.0. The number of nitrogens with zero attached hydrogens (tertiary/aromatic N) is 4. The van der Waals surface area contributed by atoms with Crippen LogP contribution in [0.1, 0.15) is 21.5 Å². The van der Waals surface area contributed by atoms with Gasteiger partial charge in [-0.1, -0.05) is 35.9 Å². The average Bonchev–Trinajstić information content (AvgIpc) is 3.60. The van der Waals surface area contributed by atoms with Crippen LogP contribution < -0.4 is 14.4 Å². The Morgan fingerprint density at radius 3 is 2.46 bits per heavy atom. The maximum atomic E-state index is 13.3. The Labute approximate surface area is 266 Å². The molecule has 0 unspecified atom stereocenters. The fourth-order valence-electron chi connectivity index (χ4n) is 5.66. The van der Waals surface area contributed by atoms with Gasteiger partial charge in [-0.05, 0) is 43.3 Å². The van der Waals surface area contributed by atoms with Crippen molar-refractivity contribution in [2.24, 2.45) is 7.05 Å². The van der Waals surface area contributed by atoms with E-state index >= 15 is 0 Å². The zero-order valence-corrected chi connectivity index (χ0v) is 27.0. The molecule has 6 aromatic rings. The molecule has 0 bridgehead atoms. The molecule has 11 heteroatoms. The van der Waals surface area contributed by atoms with Crippen molar-refractivity contribution >= 4 is 43.5 Å². The molecule has 46 heavy (non-hydrogen) atoms. The molecule has 0 saturated carbocycles. The van der Waals surface area contributed by atoms with Gasteiger partial charge in [0.2, 0.25) is 10.0 Å². The smallest absolute Gasteiger partial charge is 0.255 e. The Hall–Kier alpha value is -5.60. The number of aromatic nitrogens is 2. The molecule has 1 N–H and O–H groups in total. The molecule has 0 aliphatic heterocycles. The highest BCUT2D eigenvalue weighted by atomic mass is 32.2. The minimum atomic E-state index is -3.72. The van der Waals surface area contributed by atoms with E-state index in [-0.39, 0.29) is 5.91 Å². The van der Waals surface area contributed by atoms with Crippen molar-refractivity contribution < 1.29 is 22.4 Å². The van der Waals surface area contributed by atoms with Gasteiger partial charge in [0.25, 0.3) is 5.91 Å². The lowest BCUT2D eigenvalue weighted by Crippen LogP contribution is -2.25. The molecular formula is C35H31N5O5S. The number of hydrogen-bond donors (Lipinski definition) is 1. The molecule has 1 amide bonds. The minimum absolute atomic E-state index is 0.315. The molecule has 232 valence electrons. The van der Waals surface area contributed by atoms with Crippen LogP contribution in [0.4, 0.5) is 5.69 Å². The number of carbonyl (C=O) groups excluding carboxylic acids is 1. The topological polar surface area (TPSA) is 130 Å². The number of ether oxygens (including phenoxy) is 1. The van der Waals surface area contributed by atoms with Gasteiger partial charge in [-0.2, -0.15) is 5.26 Å². The summed E-state index contributed by atoms with van der Waals surface area (Å²) in [5, 5.41) is 13.7. The molecule has 3 heterocycles. The Morgan fingerprint density at radius 1 is 1.07 bits per heavy atom. The summed E-state index contributed by atoms with van der Waals surface area (Å²) in [7, 11) is 2.72. The van der Waals surface area contributed by atoms with E-state index in [0.717, 1.165) is 27.0 Å². The third-order valence-electron chi connectivity index (χ3n) is 8.21. The summed E-state index contributed by atoms with van der Waals surface area (Å²) < 4.78 is 40.9. The maximum absolute atomic E-state index is 13.3. The van der Waals surface area contributed by atoms with Crippen molar-refractivity contribution in [2.45, 2.75) is 6.92 Å². The number of fused-ring (bicyclic) bond motifs is 2. The molecule has 0 atom stereocenters. The van der Waals surface area contributed by atoms with E-state index in [4.69, 9.17) is 14.1 Å². The number of hydrogen-bond acceptors (Lipinski definition) is 7. The van der Waals surface area contributed by atoms with Gasteiger partial charge in [-0.15, -0.1) is 0 Å². The molecule has 3 aromatic heterocycles. The predicted molar refractivity (Wildman–Crippen MR) is 179 cm³/mol. The zero-order chi connectivity index (χ0) is 32.9. The third kappa shape index (κ3) is 5.02. The number of nitrogens with one attached hydrogen (secondary N) is 1. The van der Waals surface area contributed by atoms with Crippen LogP contribution in [0.5, 0.6) is 5.75 Å². The monoisotopic (exact) mass is 633 g/mol. The number of furan rings is 1. The van der Waals surface area contributed by atoms with E-state index < -0.39 is 10.0 Å². The van der Waals surface area contributed by atoms with Crippen molar-refractivity contribution in [3.05, 3.63) is 89.5 Å². The lowest BCUT2D eigenvalue weighted by molar-refractivity contribution is 0.0964. The normalized spacial score (nSPS) is 11.5. The molecule has 3 aromatic carbocycles. The van der Waals surface area contributed by atoms with Crippen LogP contribution in [-0.4, -0.2) is 51.3 Å². The largest absolute Gasteiger partial charge is 0.494 e. The number of sulfonamides is 1. The first-order chi connectivity index (χ1) is 22.0. The molecular weight excluding hydrogens is 602 g/mol. The van der Waals surface area contributed by atoms with Crippen molar-refractivity contribution in [2.75, 3.05) is 31.8 Å². The average molecular weight is 634 g/mol. The summed E-state index contributed by atoms with van der Waals surface area (Å²) in [6, 6.07) is 24.1. The third-order valence-corrected chi connectivity index (χ3v) is 9.41. The van der Waals surface area contributed by atoms with Crippen LogP contribution in [0.15, 0.2) is 77.2 Å². The predicted octanol–water partition coefficient (Wildman–Crippen LogP) is 6.26. The van der Waals surface area contributed by atoms with Gasteiger partial charge in [0.05, 0.1) is 47.6 Å². The summed E-state index contributed by atoms with van der Waals surface area (Å²) in [5.41, 5.74) is 6.21. The van der Waals surface area contributed by atoms with Crippen LogP contribution >= 0.6 is 0 Å². The molecule has 0 aliphatic rings. The second kappa shape index (κ2) is 11.4. The van der Waals surface area contributed by atoms with Gasteiger partial charge < -0.3 is 19.0 Å². The van der Waals surface area contributed by atoms with Crippen molar-refractivity contribution in [1.29, 1.82) is 5.26 Å². The first kappa shape index (κ1) is 30.4. The summed E-state index contributed by atoms with van der Waals surface area (Å²) in [6.45, 7) is 1.97. The molecule has 0 fully saturated rings. The van der Waals surface area contributed by atoms with Crippen LogP contribution in [-0.2, 0) is 17.1 Å². The number of benzene rings is 3. The standard InChI is InChI=1S/C35H31N5O5S/c1-20-10-12-21(13-11-20)34-32(35(41)37-2)25-16-24(28(18-31(25)45-34)40(4)46(6,42)43)26-14-15-30(44-5)33(38-26)29-17-23-22(19-36)8-7-9-27(23)39(29)3/h7-18H,1-6H3,(H,37,41). The van der Waals surface area contributed by atoms with Crippen molar-refractivity contribution in [3.8, 4) is 45.8 Å². The number of rotatable bonds is 7. The first-order valence-corrected chi connectivity index (χ1v) is 16.2. The number of pyridine rings is 1. The number of anilines is 1. The Balaban J connectivity index is 1.66. The number of amides is 1. The number of methoxy groups -OCH3 is 1. The first-order valence-electron chi connectivity index (χ1n) is 14.3. The van der Waals surface area contributed by atoms with Crippen molar-refractivity contribution in [1.82, 2.24) is 14.9 Å². The van der Waals surface area contributed by atoms with Gasteiger partial charge >= 0.3 is 0 Å². The molecule has 6 rings (SSSR count). The van der Waals surface area contributed by atoms with E-state index in [1.807, 2.05) is 61.0 Å². The molecule has 0 spiro atoms. The van der Waals surface area contributed by atoms with Gasteiger partial charge in [0.1, 0.15) is 22.8 Å². The fourth-order valence-corrected chi connectivity index (χ4v) is 6.17. The maximum Gasteiger partial charge on any atom is 0.255 e. The van der Waals surface area contributed by atoms with E-state index in [1.165, 1.54) is 7.05 Å². The van der Waals surface area contributed by atoms with Crippen LogP contribution in [0.3, 0.4) is 0 Å². The molecule has 0 saturated heterocycles. The lowest BCUT2D eigenvalue weighted by atomic mass is 10.00. The van der Waals surface area contributed by atoms with E-state index in [1.54, 1.807) is 44.5 Å². The van der Waals surface area contributed by atoms with Crippen LogP contribution in [0.25, 0.3) is 55.8 Å². The summed E-state index contributed by atoms with van der Waals surface area (Å²) in [5.74, 6) is 0.506. The quantitative estimate of drug-likeness (QED) is 0.219. The highest BCUT2D eigenvalue weighted by Crippen LogP contribution is 2.42. The van der Waals surface area contributed by atoms with Gasteiger partial charge in [-0.3, -0.25) is 9.10 Å². The van der Waals surface area contributed by atoms with Gasteiger partial charge in [0, 0.05) is 54.6 Å². The number of nitriles is 1. The Bertz CT molecular complexity index is 2330. The number of carbonyl (C=O) groups is 1. The van der Waals surface area contributed by atoms with Crippen LogP contribution in [0.2, 0.25) is 0 Å². The summed E-state index contributed by atoms with van der Waals surface area (Å²) >= 11 is 0. The fraction of sp³-hybridized carbons (Fsp3) is 0.171. The minimum Gasteiger partial charge on any atom is -0.494 e. The van der Waals surface area contributed by atoms with E-state index in [2.05, 4.69) is 11.4 Å². The molecule has 10 nitrogen and oxygen atoms in total. The van der Waals surface area contributed by atoms with Gasteiger partial charge in [-0.25, -0.2) is 13.4 Å². The summed E-state index contributed by atoms with van der Waals surface area (Å²) in [6.07, 6.45) is 1.12. The van der Waals surface area contributed by atoms with Crippen LogP contribution in [0, 0.1) is 18.3 Å². The van der Waals surface area contributed by atoms with E-state index in [9.17, 15) is 18.5 Å². The lowest BCUT2D eigenvalue weighted by Gasteiger charge is -2.21. The second-order valence-corrected chi connectivity index (χ2v) is 13.0. The molecule has 0 radical (unpaired) electrons. The highest BCUT2D eigenvalue weighted by molar-refractivity contribution is 7.92. The van der Waals surface area contributed by atoms with E-state index in [0.29, 0.717) is 67.5 Å². The number of aryl methyl sites for hydroxylation is 2. The molecule has 0 aliphatic carbocycles. The summed E-state index contributed by atoms with van der Waals surface area (Å²) in [4.78, 5) is 18.4. The Morgan fingerprint density at radius 2 is 1.80 bits per heavy atom. The van der Waals surface area contributed by atoms with Gasteiger partial charge in [0.15, 0.2) is 0 Å². The highest BCUT2D eigenvalue weighted by Gasteiger charge is 2.27. The zero-order valence-electron chi connectivity index (χ0n) is 26.2. The SMILES string of the molecule is CNC(=O)c1c(-c2ccc(C)cc2)oc2cc(N(C)S(C)(=O)=O)c(-c3ccc(OC)c(-c4cc5c(C#N)cccc5n4C)n3)cc12.